The molecule has 0 unspecified atom stereocenters. The highest BCUT2D eigenvalue weighted by atomic mass is 16.3. The summed E-state index contributed by atoms with van der Waals surface area (Å²) in [5.74, 6) is 0.634. The first kappa shape index (κ1) is 22.1. The normalized spacial score (nSPS) is 11.2. The van der Waals surface area contributed by atoms with Crippen molar-refractivity contribution in [2.24, 2.45) is 0 Å². The number of para-hydroxylation sites is 1. The van der Waals surface area contributed by atoms with Crippen molar-refractivity contribution in [1.82, 2.24) is 4.98 Å². The molecule has 0 N–H and O–H groups in total. The Bertz CT molecular complexity index is 1840. The molecule has 1 heterocycles. The summed E-state index contributed by atoms with van der Waals surface area (Å²) in [4.78, 5) is 7.06. The minimum Gasteiger partial charge on any atom is -0.435 e. The van der Waals surface area contributed by atoms with Gasteiger partial charge in [0.1, 0.15) is 5.52 Å². The van der Waals surface area contributed by atoms with Crippen molar-refractivity contribution in [2.75, 3.05) is 4.90 Å². The van der Waals surface area contributed by atoms with Gasteiger partial charge >= 0.3 is 0 Å². The van der Waals surface area contributed by atoms with Crippen molar-refractivity contribution in [3.63, 3.8) is 0 Å². The number of fused-ring (bicyclic) bond motifs is 3. The van der Waals surface area contributed by atoms with Crippen LogP contribution in [0.5, 0.6) is 0 Å². The van der Waals surface area contributed by atoms with E-state index in [-0.39, 0.29) is 0 Å². The van der Waals surface area contributed by atoms with E-state index in [0.29, 0.717) is 5.89 Å². The summed E-state index contributed by atoms with van der Waals surface area (Å²) >= 11 is 0. The summed E-state index contributed by atoms with van der Waals surface area (Å²) in [6.07, 6.45) is 0. The lowest BCUT2D eigenvalue weighted by Gasteiger charge is -2.26. The van der Waals surface area contributed by atoms with Crippen LogP contribution < -0.4 is 4.90 Å². The molecule has 0 spiro atoms. The fourth-order valence-electron chi connectivity index (χ4n) is 4.99. The number of oxazole rings is 1. The zero-order chi connectivity index (χ0) is 25.3. The summed E-state index contributed by atoms with van der Waals surface area (Å²) in [5.41, 5.74) is 8.26. The summed E-state index contributed by atoms with van der Waals surface area (Å²) in [6, 6.07) is 50.4. The van der Waals surface area contributed by atoms with Gasteiger partial charge < -0.3 is 9.32 Å². The molecule has 0 radical (unpaired) electrons. The molecule has 6 aromatic carbocycles. The van der Waals surface area contributed by atoms with E-state index in [1.54, 1.807) is 0 Å². The summed E-state index contributed by atoms with van der Waals surface area (Å²) in [6.45, 7) is 0. The van der Waals surface area contributed by atoms with Gasteiger partial charge in [0.25, 0.3) is 0 Å². The third kappa shape index (κ3) is 4.00. The molecule has 0 saturated carbocycles. The van der Waals surface area contributed by atoms with Crippen LogP contribution >= 0.6 is 0 Å². The topological polar surface area (TPSA) is 29.3 Å². The molecule has 0 saturated heterocycles. The molecule has 0 aliphatic heterocycles. The molecular formula is C35H24N2O. The Kier molecular flexibility index (Phi) is 5.45. The molecule has 7 aromatic rings. The van der Waals surface area contributed by atoms with Crippen LogP contribution in [-0.2, 0) is 0 Å². The Balaban J connectivity index is 1.36. The van der Waals surface area contributed by atoms with E-state index in [4.69, 9.17) is 9.40 Å². The van der Waals surface area contributed by atoms with Crippen molar-refractivity contribution >= 4 is 38.9 Å². The predicted molar refractivity (Wildman–Crippen MR) is 157 cm³/mol. The number of hydrogen-bond donors (Lipinski definition) is 0. The maximum absolute atomic E-state index is 6.35. The zero-order valence-electron chi connectivity index (χ0n) is 20.7. The van der Waals surface area contributed by atoms with Crippen molar-refractivity contribution < 1.29 is 4.42 Å². The summed E-state index contributed by atoms with van der Waals surface area (Å²) in [5, 5.41) is 2.15. The quantitative estimate of drug-likeness (QED) is 0.241. The van der Waals surface area contributed by atoms with E-state index in [2.05, 4.69) is 102 Å². The van der Waals surface area contributed by atoms with Crippen molar-refractivity contribution in [2.45, 2.75) is 0 Å². The van der Waals surface area contributed by atoms with Gasteiger partial charge in [0.05, 0.1) is 0 Å². The maximum Gasteiger partial charge on any atom is 0.227 e. The van der Waals surface area contributed by atoms with Gasteiger partial charge in [-0.2, -0.15) is 0 Å². The molecule has 0 amide bonds. The average molecular weight is 489 g/mol. The van der Waals surface area contributed by atoms with Crippen LogP contribution in [0.1, 0.15) is 0 Å². The SMILES string of the molecule is c1ccc(-c2ccc(N(c3ccccc3)c3ccc4ccc5nc(-c6ccccc6)oc5c4c3)cc2)cc1. The summed E-state index contributed by atoms with van der Waals surface area (Å²) in [7, 11) is 0. The summed E-state index contributed by atoms with van der Waals surface area (Å²) < 4.78 is 6.35. The second kappa shape index (κ2) is 9.38. The highest BCUT2D eigenvalue weighted by Gasteiger charge is 2.16. The van der Waals surface area contributed by atoms with E-state index in [1.807, 2.05) is 48.5 Å². The lowest BCUT2D eigenvalue weighted by Crippen LogP contribution is -2.09. The fourth-order valence-corrected chi connectivity index (χ4v) is 4.99. The molecule has 3 heteroatoms. The minimum absolute atomic E-state index is 0.634. The first-order valence-electron chi connectivity index (χ1n) is 12.7. The second-order valence-corrected chi connectivity index (χ2v) is 9.29. The Morgan fingerprint density at radius 1 is 0.474 bits per heavy atom. The molecule has 7 rings (SSSR count). The van der Waals surface area contributed by atoms with Crippen molar-refractivity contribution in [3.8, 4) is 22.6 Å². The van der Waals surface area contributed by atoms with Crippen LogP contribution in [0.3, 0.4) is 0 Å². The van der Waals surface area contributed by atoms with E-state index in [0.717, 1.165) is 44.5 Å². The Morgan fingerprint density at radius 2 is 1.03 bits per heavy atom. The zero-order valence-corrected chi connectivity index (χ0v) is 20.7. The van der Waals surface area contributed by atoms with Crippen LogP contribution in [0.4, 0.5) is 17.1 Å². The number of hydrogen-bond acceptors (Lipinski definition) is 3. The molecule has 38 heavy (non-hydrogen) atoms. The van der Waals surface area contributed by atoms with Crippen LogP contribution in [-0.4, -0.2) is 4.98 Å². The van der Waals surface area contributed by atoms with Gasteiger partial charge in [-0.3, -0.25) is 0 Å². The lowest BCUT2D eigenvalue weighted by molar-refractivity contribution is 0.623. The van der Waals surface area contributed by atoms with Crippen molar-refractivity contribution in [1.29, 1.82) is 0 Å². The predicted octanol–water partition coefficient (Wildman–Crippen LogP) is 9.78. The number of benzene rings is 6. The highest BCUT2D eigenvalue weighted by molar-refractivity contribution is 6.05. The third-order valence-electron chi connectivity index (χ3n) is 6.88. The second-order valence-electron chi connectivity index (χ2n) is 9.29. The fraction of sp³-hybridized carbons (Fsp3) is 0. The van der Waals surface area contributed by atoms with Gasteiger partial charge in [0.15, 0.2) is 5.58 Å². The average Bonchev–Trinajstić information content (AvgIpc) is 3.44. The van der Waals surface area contributed by atoms with Crippen LogP contribution in [0, 0.1) is 0 Å². The van der Waals surface area contributed by atoms with Crippen LogP contribution in [0.15, 0.2) is 150 Å². The monoisotopic (exact) mass is 488 g/mol. The van der Waals surface area contributed by atoms with Gasteiger partial charge in [-0.05, 0) is 71.1 Å². The van der Waals surface area contributed by atoms with E-state index in [9.17, 15) is 0 Å². The maximum atomic E-state index is 6.35. The molecule has 0 aliphatic carbocycles. The first-order valence-corrected chi connectivity index (χ1v) is 12.7. The van der Waals surface area contributed by atoms with Gasteiger partial charge in [-0.25, -0.2) is 4.98 Å². The molecule has 180 valence electrons. The van der Waals surface area contributed by atoms with E-state index < -0.39 is 0 Å². The van der Waals surface area contributed by atoms with Gasteiger partial charge in [0.2, 0.25) is 5.89 Å². The van der Waals surface area contributed by atoms with Crippen LogP contribution in [0.2, 0.25) is 0 Å². The Morgan fingerprint density at radius 3 is 1.74 bits per heavy atom. The van der Waals surface area contributed by atoms with E-state index >= 15 is 0 Å². The number of nitrogens with zero attached hydrogens (tertiary/aromatic N) is 2. The van der Waals surface area contributed by atoms with Gasteiger partial charge in [0, 0.05) is 28.0 Å². The molecule has 3 nitrogen and oxygen atoms in total. The third-order valence-corrected chi connectivity index (χ3v) is 6.88. The van der Waals surface area contributed by atoms with E-state index in [1.165, 1.54) is 11.1 Å². The molecular weight excluding hydrogens is 464 g/mol. The molecule has 1 aromatic heterocycles. The first-order chi connectivity index (χ1) is 18.8. The van der Waals surface area contributed by atoms with Gasteiger partial charge in [-0.15, -0.1) is 0 Å². The Labute approximate surface area is 221 Å². The number of rotatable bonds is 5. The standard InChI is InChI=1S/C35H24N2O/c1-4-10-25(11-5-1)26-16-20-30(21-17-26)37(29-14-8-3-9-15-29)31-22-18-27-19-23-33-34(32(27)24-31)38-35(36-33)28-12-6-2-7-13-28/h1-24H. The van der Waals surface area contributed by atoms with Crippen molar-refractivity contribution in [3.05, 3.63) is 146 Å². The lowest BCUT2D eigenvalue weighted by atomic mass is 10.0. The molecule has 0 bridgehead atoms. The molecule has 0 aliphatic rings. The minimum atomic E-state index is 0.634. The molecule has 0 fully saturated rings. The number of anilines is 3. The highest BCUT2D eigenvalue weighted by Crippen LogP contribution is 2.39. The van der Waals surface area contributed by atoms with Gasteiger partial charge in [-0.1, -0.05) is 91.0 Å². The largest absolute Gasteiger partial charge is 0.435 e. The number of aromatic nitrogens is 1. The molecule has 0 atom stereocenters. The van der Waals surface area contributed by atoms with Crippen LogP contribution in [0.25, 0.3) is 44.5 Å². The Hall–Kier alpha value is -5.15. The smallest absolute Gasteiger partial charge is 0.227 e.